The molecule has 2 aromatic heterocycles. The first kappa shape index (κ1) is 22.4. The fourth-order valence-corrected chi connectivity index (χ4v) is 4.34. The molecule has 0 unspecified atom stereocenters. The van der Waals surface area contributed by atoms with Crippen LogP contribution in [0.1, 0.15) is 21.6 Å². The summed E-state index contributed by atoms with van der Waals surface area (Å²) in [7, 11) is 0. The van der Waals surface area contributed by atoms with Gasteiger partial charge in [0.25, 0.3) is 11.6 Å². The number of amides is 1. The number of para-hydroxylation sites is 2. The van der Waals surface area contributed by atoms with Crippen LogP contribution in [0.4, 0.5) is 11.4 Å². The van der Waals surface area contributed by atoms with Crippen LogP contribution in [-0.2, 0) is 6.61 Å². The summed E-state index contributed by atoms with van der Waals surface area (Å²) in [6.07, 6.45) is 3.91. The maximum atomic E-state index is 13.0. The van der Waals surface area contributed by atoms with Gasteiger partial charge >= 0.3 is 0 Å². The van der Waals surface area contributed by atoms with Crippen LogP contribution in [0.2, 0.25) is 0 Å². The molecule has 4 aromatic rings. The van der Waals surface area contributed by atoms with Gasteiger partial charge in [-0.2, -0.15) is 0 Å². The lowest BCUT2D eigenvalue weighted by Crippen LogP contribution is -2.48. The first-order valence-corrected chi connectivity index (χ1v) is 11.4. The highest BCUT2D eigenvalue weighted by Crippen LogP contribution is 2.28. The van der Waals surface area contributed by atoms with Gasteiger partial charge in [-0.25, -0.2) is 4.98 Å². The molecule has 0 N–H and O–H groups in total. The number of nitrogens with zero attached hydrogens (tertiary/aromatic N) is 5. The van der Waals surface area contributed by atoms with Crippen LogP contribution in [0.3, 0.4) is 0 Å². The van der Waals surface area contributed by atoms with Crippen LogP contribution in [0, 0.1) is 17.0 Å². The third-order valence-corrected chi connectivity index (χ3v) is 6.20. The Morgan fingerprint density at radius 2 is 1.77 bits per heavy atom. The van der Waals surface area contributed by atoms with E-state index in [2.05, 4.69) is 4.98 Å². The predicted octanol–water partition coefficient (Wildman–Crippen LogP) is 4.09. The number of benzene rings is 2. The van der Waals surface area contributed by atoms with E-state index in [0.717, 1.165) is 16.9 Å². The standard InChI is InChI=1S/C26H25N5O4/c1-19-5-4-12-30-17-21(27-25(19)30)18-35-22-10-8-20(9-11-22)26(32)29-15-13-28(14-16-29)23-6-2-3-7-24(23)31(33)34/h2-12,17H,13-16,18H2,1H3. The Labute approximate surface area is 202 Å². The van der Waals surface area contributed by atoms with Gasteiger partial charge in [0.15, 0.2) is 0 Å². The average molecular weight is 472 g/mol. The number of aromatic nitrogens is 2. The van der Waals surface area contributed by atoms with E-state index in [-0.39, 0.29) is 16.5 Å². The highest BCUT2D eigenvalue weighted by molar-refractivity contribution is 5.94. The van der Waals surface area contributed by atoms with Crippen LogP contribution >= 0.6 is 0 Å². The Morgan fingerprint density at radius 1 is 1.03 bits per heavy atom. The van der Waals surface area contributed by atoms with Crippen LogP contribution in [0.5, 0.6) is 5.75 Å². The number of carbonyl (C=O) groups is 1. The van der Waals surface area contributed by atoms with Gasteiger partial charge in [-0.15, -0.1) is 0 Å². The second-order valence-electron chi connectivity index (χ2n) is 8.49. The predicted molar refractivity (Wildman–Crippen MR) is 132 cm³/mol. The van der Waals surface area contributed by atoms with E-state index in [1.54, 1.807) is 47.4 Å². The second kappa shape index (κ2) is 9.46. The van der Waals surface area contributed by atoms with Crippen LogP contribution in [-0.4, -0.2) is 51.3 Å². The van der Waals surface area contributed by atoms with Crippen molar-refractivity contribution in [1.29, 1.82) is 0 Å². The second-order valence-corrected chi connectivity index (χ2v) is 8.49. The molecular weight excluding hydrogens is 446 g/mol. The molecule has 178 valence electrons. The van der Waals surface area contributed by atoms with E-state index >= 15 is 0 Å². The maximum Gasteiger partial charge on any atom is 0.292 e. The zero-order valence-electron chi connectivity index (χ0n) is 19.3. The van der Waals surface area contributed by atoms with Crippen molar-refractivity contribution in [2.45, 2.75) is 13.5 Å². The van der Waals surface area contributed by atoms with Crippen molar-refractivity contribution in [2.75, 3.05) is 31.1 Å². The highest BCUT2D eigenvalue weighted by atomic mass is 16.6. The zero-order chi connectivity index (χ0) is 24.4. The fraction of sp³-hybridized carbons (Fsp3) is 0.231. The van der Waals surface area contributed by atoms with Crippen molar-refractivity contribution >= 4 is 22.9 Å². The molecule has 35 heavy (non-hydrogen) atoms. The van der Waals surface area contributed by atoms with Crippen molar-refractivity contribution in [2.24, 2.45) is 0 Å². The molecule has 0 atom stereocenters. The number of piperazine rings is 1. The molecule has 1 amide bonds. The molecule has 0 radical (unpaired) electrons. The van der Waals surface area contributed by atoms with Gasteiger partial charge in [-0.3, -0.25) is 14.9 Å². The van der Waals surface area contributed by atoms with E-state index in [1.807, 2.05) is 40.8 Å². The third kappa shape index (κ3) is 4.65. The molecule has 3 heterocycles. The lowest BCUT2D eigenvalue weighted by molar-refractivity contribution is -0.384. The minimum Gasteiger partial charge on any atom is -0.487 e. The SMILES string of the molecule is Cc1cccn2cc(COc3ccc(C(=O)N4CCN(c5ccccc5[N+](=O)[O-])CC4)cc3)nc12. The summed E-state index contributed by atoms with van der Waals surface area (Å²) in [5.41, 5.74) is 4.10. The number of rotatable bonds is 6. The Bertz CT molecular complexity index is 1370. The number of pyridine rings is 1. The minimum atomic E-state index is -0.369. The van der Waals surface area contributed by atoms with E-state index < -0.39 is 0 Å². The Hall–Kier alpha value is -4.40. The summed E-state index contributed by atoms with van der Waals surface area (Å²) in [5, 5.41) is 11.3. The molecular formula is C26H25N5O4. The number of hydrogen-bond donors (Lipinski definition) is 0. The Balaban J connectivity index is 1.18. The normalized spacial score (nSPS) is 13.7. The smallest absolute Gasteiger partial charge is 0.292 e. The first-order valence-electron chi connectivity index (χ1n) is 11.4. The number of hydrogen-bond acceptors (Lipinski definition) is 6. The number of aryl methyl sites for hydroxylation is 1. The Morgan fingerprint density at radius 3 is 2.49 bits per heavy atom. The van der Waals surface area contributed by atoms with Crippen molar-refractivity contribution in [3.05, 3.63) is 100.0 Å². The van der Waals surface area contributed by atoms with Crippen LogP contribution in [0.25, 0.3) is 5.65 Å². The van der Waals surface area contributed by atoms with E-state index in [9.17, 15) is 14.9 Å². The zero-order valence-corrected chi connectivity index (χ0v) is 19.3. The molecule has 0 saturated carbocycles. The fourth-order valence-electron chi connectivity index (χ4n) is 4.34. The molecule has 0 spiro atoms. The monoisotopic (exact) mass is 471 g/mol. The number of nitro benzene ring substituents is 1. The number of carbonyl (C=O) groups excluding carboxylic acids is 1. The highest BCUT2D eigenvalue weighted by Gasteiger charge is 2.26. The molecule has 9 heteroatoms. The molecule has 1 aliphatic rings. The first-order chi connectivity index (χ1) is 17.0. The Kier molecular flexibility index (Phi) is 6.05. The largest absolute Gasteiger partial charge is 0.487 e. The van der Waals surface area contributed by atoms with E-state index in [0.29, 0.717) is 49.8 Å². The van der Waals surface area contributed by atoms with Crippen LogP contribution < -0.4 is 9.64 Å². The van der Waals surface area contributed by atoms with E-state index in [4.69, 9.17) is 4.74 Å². The number of anilines is 1. The lowest BCUT2D eigenvalue weighted by atomic mass is 10.1. The number of ether oxygens (including phenoxy) is 1. The molecule has 1 saturated heterocycles. The third-order valence-electron chi connectivity index (χ3n) is 6.20. The van der Waals surface area contributed by atoms with Gasteiger partial charge in [0.05, 0.1) is 10.6 Å². The van der Waals surface area contributed by atoms with Gasteiger partial charge in [0.2, 0.25) is 0 Å². The van der Waals surface area contributed by atoms with Crippen molar-refractivity contribution < 1.29 is 14.5 Å². The van der Waals surface area contributed by atoms with Crippen molar-refractivity contribution in [3.63, 3.8) is 0 Å². The minimum absolute atomic E-state index is 0.0606. The maximum absolute atomic E-state index is 13.0. The summed E-state index contributed by atoms with van der Waals surface area (Å²) >= 11 is 0. The molecule has 2 aromatic carbocycles. The summed E-state index contributed by atoms with van der Waals surface area (Å²) in [5.74, 6) is 0.603. The molecule has 1 aliphatic heterocycles. The van der Waals surface area contributed by atoms with Crippen LogP contribution in [0.15, 0.2) is 73.1 Å². The summed E-state index contributed by atoms with van der Waals surface area (Å²) < 4.78 is 7.85. The topological polar surface area (TPSA) is 93.2 Å². The summed E-state index contributed by atoms with van der Waals surface area (Å²) in [4.78, 5) is 32.3. The number of imidazole rings is 1. The van der Waals surface area contributed by atoms with Crippen molar-refractivity contribution in [1.82, 2.24) is 14.3 Å². The summed E-state index contributed by atoms with van der Waals surface area (Å²) in [6, 6.07) is 17.8. The van der Waals surface area contributed by atoms with Gasteiger partial charge in [0, 0.05) is 50.2 Å². The summed E-state index contributed by atoms with van der Waals surface area (Å²) in [6.45, 7) is 4.43. The molecule has 5 rings (SSSR count). The average Bonchev–Trinajstić information content (AvgIpc) is 3.32. The molecule has 9 nitrogen and oxygen atoms in total. The quantitative estimate of drug-likeness (QED) is 0.311. The molecule has 1 fully saturated rings. The van der Waals surface area contributed by atoms with Gasteiger partial charge in [-0.05, 0) is 48.9 Å². The van der Waals surface area contributed by atoms with Gasteiger partial charge in [0.1, 0.15) is 23.7 Å². The van der Waals surface area contributed by atoms with Gasteiger partial charge in [-0.1, -0.05) is 18.2 Å². The number of nitro groups is 1. The van der Waals surface area contributed by atoms with Crippen molar-refractivity contribution in [3.8, 4) is 5.75 Å². The van der Waals surface area contributed by atoms with Gasteiger partial charge < -0.3 is 18.9 Å². The molecule has 0 aliphatic carbocycles. The lowest BCUT2D eigenvalue weighted by Gasteiger charge is -2.35. The number of fused-ring (bicyclic) bond motifs is 1. The molecule has 0 bridgehead atoms. The van der Waals surface area contributed by atoms with E-state index in [1.165, 1.54) is 6.07 Å².